The van der Waals surface area contributed by atoms with E-state index < -0.39 is 5.97 Å². The van der Waals surface area contributed by atoms with Crippen molar-refractivity contribution < 1.29 is 19.4 Å². The molecule has 6 nitrogen and oxygen atoms in total. The second-order valence-electron chi connectivity index (χ2n) is 7.58. The standard InChI is InChI=1S/C20H30N2O4/c1-14-9-15-10-18(25-3)11-16(20(15)26-14)12-22-7-4-5-17(6-8-22)21(2)13-19(23)24/h10-11,14,17H,4-9,12-13H2,1-3H3,(H,23,24). The summed E-state index contributed by atoms with van der Waals surface area (Å²) in [5, 5.41) is 9.01. The number of fused-ring (bicyclic) bond motifs is 1. The molecule has 1 aromatic rings. The molecule has 0 saturated carbocycles. The number of methoxy groups -OCH3 is 1. The monoisotopic (exact) mass is 362 g/mol. The Morgan fingerprint density at radius 1 is 1.38 bits per heavy atom. The number of hydrogen-bond donors (Lipinski definition) is 1. The van der Waals surface area contributed by atoms with Gasteiger partial charge >= 0.3 is 5.97 Å². The average molecular weight is 362 g/mol. The molecule has 0 spiro atoms. The Morgan fingerprint density at radius 2 is 2.19 bits per heavy atom. The molecule has 2 aliphatic heterocycles. The third-order valence-electron chi connectivity index (χ3n) is 5.47. The van der Waals surface area contributed by atoms with Crippen LogP contribution in [0.1, 0.15) is 37.3 Å². The topological polar surface area (TPSA) is 62.2 Å². The molecule has 1 N–H and O–H groups in total. The number of carboxylic acids is 1. The van der Waals surface area contributed by atoms with Crippen LogP contribution in [-0.4, -0.2) is 66.8 Å². The Labute approximate surface area is 155 Å². The number of likely N-dealkylation sites (N-methyl/N-ethyl adjacent to an activating group) is 1. The van der Waals surface area contributed by atoms with Crippen LogP contribution in [0.5, 0.6) is 11.5 Å². The Hall–Kier alpha value is -1.79. The Morgan fingerprint density at radius 3 is 2.92 bits per heavy atom. The summed E-state index contributed by atoms with van der Waals surface area (Å²) in [5.74, 6) is 1.17. The van der Waals surface area contributed by atoms with E-state index in [1.165, 1.54) is 11.1 Å². The molecular formula is C20H30N2O4. The lowest BCUT2D eigenvalue weighted by Crippen LogP contribution is -2.36. The Kier molecular flexibility index (Phi) is 6.04. The fourth-order valence-electron chi connectivity index (χ4n) is 4.13. The van der Waals surface area contributed by atoms with Crippen molar-refractivity contribution in [3.63, 3.8) is 0 Å². The first kappa shape index (κ1) is 19.0. The predicted molar refractivity (Wildman–Crippen MR) is 100.0 cm³/mol. The highest BCUT2D eigenvalue weighted by molar-refractivity contribution is 5.69. The quantitative estimate of drug-likeness (QED) is 0.838. The maximum atomic E-state index is 11.0. The van der Waals surface area contributed by atoms with Gasteiger partial charge in [-0.1, -0.05) is 0 Å². The molecule has 0 bridgehead atoms. The molecule has 0 amide bonds. The molecule has 1 fully saturated rings. The first-order valence-corrected chi connectivity index (χ1v) is 9.47. The minimum atomic E-state index is -0.758. The molecule has 2 aliphatic rings. The van der Waals surface area contributed by atoms with Gasteiger partial charge in [-0.3, -0.25) is 14.6 Å². The molecule has 1 aromatic carbocycles. The maximum Gasteiger partial charge on any atom is 0.317 e. The highest BCUT2D eigenvalue weighted by Crippen LogP contribution is 2.37. The number of nitrogens with zero attached hydrogens (tertiary/aromatic N) is 2. The van der Waals surface area contributed by atoms with Crippen LogP contribution in [0.2, 0.25) is 0 Å². The van der Waals surface area contributed by atoms with Crippen LogP contribution in [-0.2, 0) is 17.8 Å². The van der Waals surface area contributed by atoms with E-state index in [1.54, 1.807) is 7.11 Å². The lowest BCUT2D eigenvalue weighted by molar-refractivity contribution is -0.138. The van der Waals surface area contributed by atoms with E-state index in [1.807, 2.05) is 11.9 Å². The Bertz CT molecular complexity index is 649. The summed E-state index contributed by atoms with van der Waals surface area (Å²) >= 11 is 0. The average Bonchev–Trinajstić information content (AvgIpc) is 2.81. The summed E-state index contributed by atoms with van der Waals surface area (Å²) in [7, 11) is 3.62. The molecule has 2 heterocycles. The fraction of sp³-hybridized carbons (Fsp3) is 0.650. The van der Waals surface area contributed by atoms with Gasteiger partial charge in [0.05, 0.1) is 13.7 Å². The highest BCUT2D eigenvalue weighted by Gasteiger charge is 2.26. The van der Waals surface area contributed by atoms with E-state index in [0.29, 0.717) is 6.04 Å². The molecule has 144 valence electrons. The van der Waals surface area contributed by atoms with Gasteiger partial charge in [0.25, 0.3) is 0 Å². The summed E-state index contributed by atoms with van der Waals surface area (Å²) < 4.78 is 11.5. The summed E-state index contributed by atoms with van der Waals surface area (Å²) in [6, 6.07) is 4.51. The van der Waals surface area contributed by atoms with Crippen molar-refractivity contribution in [2.45, 2.75) is 51.3 Å². The van der Waals surface area contributed by atoms with Crippen molar-refractivity contribution in [1.29, 1.82) is 0 Å². The van der Waals surface area contributed by atoms with Gasteiger partial charge in [0.15, 0.2) is 0 Å². The van der Waals surface area contributed by atoms with E-state index in [-0.39, 0.29) is 12.6 Å². The van der Waals surface area contributed by atoms with Crippen LogP contribution in [0.15, 0.2) is 12.1 Å². The van der Waals surface area contributed by atoms with Crippen LogP contribution in [0.25, 0.3) is 0 Å². The normalized spacial score (nSPS) is 23.4. The van der Waals surface area contributed by atoms with Crippen LogP contribution in [0, 0.1) is 0 Å². The van der Waals surface area contributed by atoms with Crippen molar-refractivity contribution in [3.05, 3.63) is 23.3 Å². The second-order valence-corrected chi connectivity index (χ2v) is 7.58. The van der Waals surface area contributed by atoms with Gasteiger partial charge < -0.3 is 14.6 Å². The summed E-state index contributed by atoms with van der Waals surface area (Å²) in [5.41, 5.74) is 2.43. The number of carbonyl (C=O) groups is 1. The van der Waals surface area contributed by atoms with Crippen molar-refractivity contribution in [2.24, 2.45) is 0 Å². The summed E-state index contributed by atoms with van der Waals surface area (Å²) in [4.78, 5) is 15.4. The molecule has 2 atom stereocenters. The zero-order valence-electron chi connectivity index (χ0n) is 16.0. The SMILES string of the molecule is COc1cc2c(c(CN3CCCC(N(C)CC(=O)O)CC3)c1)OC(C)C2. The van der Waals surface area contributed by atoms with Crippen molar-refractivity contribution in [1.82, 2.24) is 9.80 Å². The van der Waals surface area contributed by atoms with Crippen LogP contribution >= 0.6 is 0 Å². The Balaban J connectivity index is 1.67. The maximum absolute atomic E-state index is 11.0. The second kappa shape index (κ2) is 8.27. The van der Waals surface area contributed by atoms with Crippen LogP contribution in [0.4, 0.5) is 0 Å². The van der Waals surface area contributed by atoms with Gasteiger partial charge in [0.1, 0.15) is 17.6 Å². The lowest BCUT2D eigenvalue weighted by atomic mass is 10.1. The summed E-state index contributed by atoms with van der Waals surface area (Å²) in [6.07, 6.45) is 4.27. The molecule has 0 radical (unpaired) electrons. The number of rotatable bonds is 6. The first-order valence-electron chi connectivity index (χ1n) is 9.47. The first-order chi connectivity index (χ1) is 12.5. The van der Waals surface area contributed by atoms with Gasteiger partial charge in [-0.25, -0.2) is 0 Å². The smallest absolute Gasteiger partial charge is 0.317 e. The molecular weight excluding hydrogens is 332 g/mol. The molecule has 6 heteroatoms. The zero-order chi connectivity index (χ0) is 18.7. The largest absolute Gasteiger partial charge is 0.497 e. The fourth-order valence-corrected chi connectivity index (χ4v) is 4.13. The third-order valence-corrected chi connectivity index (χ3v) is 5.47. The number of carboxylic acid groups (broad SMARTS) is 1. The molecule has 0 aliphatic carbocycles. The van der Waals surface area contributed by atoms with Gasteiger partial charge in [-0.15, -0.1) is 0 Å². The van der Waals surface area contributed by atoms with Crippen molar-refractivity contribution in [2.75, 3.05) is 33.8 Å². The third kappa shape index (κ3) is 4.48. The number of benzene rings is 1. The minimum absolute atomic E-state index is 0.111. The minimum Gasteiger partial charge on any atom is -0.497 e. The van der Waals surface area contributed by atoms with E-state index in [9.17, 15) is 4.79 Å². The zero-order valence-corrected chi connectivity index (χ0v) is 16.0. The molecule has 26 heavy (non-hydrogen) atoms. The van der Waals surface area contributed by atoms with E-state index in [4.69, 9.17) is 14.6 Å². The van der Waals surface area contributed by atoms with Crippen molar-refractivity contribution >= 4 is 5.97 Å². The van der Waals surface area contributed by atoms with Gasteiger partial charge in [-0.2, -0.15) is 0 Å². The van der Waals surface area contributed by atoms with Crippen molar-refractivity contribution in [3.8, 4) is 11.5 Å². The van der Waals surface area contributed by atoms with Gasteiger partial charge in [0.2, 0.25) is 0 Å². The number of aliphatic carboxylic acids is 1. The molecule has 0 aromatic heterocycles. The number of ether oxygens (including phenoxy) is 2. The molecule has 1 saturated heterocycles. The molecule has 2 unspecified atom stereocenters. The van der Waals surface area contributed by atoms with Crippen LogP contribution < -0.4 is 9.47 Å². The predicted octanol–water partition coefficient (Wildman–Crippen LogP) is 2.39. The van der Waals surface area contributed by atoms with E-state index in [0.717, 1.165) is 56.8 Å². The molecule has 3 rings (SSSR count). The number of likely N-dealkylation sites (tertiary alicyclic amines) is 1. The van der Waals surface area contributed by atoms with Crippen LogP contribution in [0.3, 0.4) is 0 Å². The summed E-state index contributed by atoms with van der Waals surface area (Å²) in [6.45, 7) is 5.06. The van der Waals surface area contributed by atoms with E-state index in [2.05, 4.69) is 24.0 Å². The van der Waals surface area contributed by atoms with Gasteiger partial charge in [-0.05, 0) is 58.5 Å². The lowest BCUT2D eigenvalue weighted by Gasteiger charge is -2.26. The van der Waals surface area contributed by atoms with Gasteiger partial charge in [0, 0.05) is 30.1 Å². The number of hydrogen-bond acceptors (Lipinski definition) is 5. The van der Waals surface area contributed by atoms with E-state index >= 15 is 0 Å². The highest BCUT2D eigenvalue weighted by atomic mass is 16.5.